The number of hydrogen-bond acceptors (Lipinski definition) is 5. The number of carbonyl (C=O) groups is 1. The van der Waals surface area contributed by atoms with Crippen LogP contribution in [0.15, 0.2) is 60.7 Å². The number of fused-ring (bicyclic) bond motifs is 6. The van der Waals surface area contributed by atoms with Gasteiger partial charge in [0.25, 0.3) is 0 Å². The maximum absolute atomic E-state index is 12.5. The molecule has 0 saturated carbocycles. The van der Waals surface area contributed by atoms with Crippen LogP contribution in [0.4, 0.5) is 0 Å². The summed E-state index contributed by atoms with van der Waals surface area (Å²) in [4.78, 5) is 12.5. The monoisotopic (exact) mass is 466 g/mol. The minimum absolute atomic E-state index is 0. The molecule has 0 saturated heterocycles. The Kier molecular flexibility index (Phi) is 4.38. The van der Waals surface area contributed by atoms with Gasteiger partial charge in [-0.25, -0.2) is 4.79 Å². The van der Waals surface area contributed by atoms with Crippen LogP contribution in [0, 0.1) is 0 Å². The van der Waals surface area contributed by atoms with E-state index in [2.05, 4.69) is 0 Å². The van der Waals surface area contributed by atoms with E-state index >= 15 is 0 Å². The predicted molar refractivity (Wildman–Crippen MR) is 89.1 cm³/mol. The second kappa shape index (κ2) is 6.33. The molecule has 2 N–H and O–H groups in total. The zero-order valence-corrected chi connectivity index (χ0v) is 20.2. The molecule has 3 aromatic rings. The number of rotatable bonds is 0. The molecule has 2 aliphatic heterocycles. The van der Waals surface area contributed by atoms with Gasteiger partial charge in [-0.05, 0) is 30.3 Å². The van der Waals surface area contributed by atoms with E-state index in [-0.39, 0.29) is 81.8 Å². The minimum atomic E-state index is -1.17. The summed E-state index contributed by atoms with van der Waals surface area (Å²) in [7, 11) is 0. The van der Waals surface area contributed by atoms with Gasteiger partial charge in [-0.2, -0.15) is 0 Å². The molecule has 124 valence electrons. The molecule has 1 spiro atoms. The van der Waals surface area contributed by atoms with Crippen LogP contribution in [0.25, 0.3) is 0 Å². The summed E-state index contributed by atoms with van der Waals surface area (Å²) in [6, 6.07) is 16.6. The van der Waals surface area contributed by atoms with E-state index in [1.54, 1.807) is 24.3 Å². The summed E-state index contributed by atoms with van der Waals surface area (Å²) < 4.78 is 11.8. The number of carbonyl (C=O) groups excluding carboxylic acids is 1. The molecule has 2 heterocycles. The molecule has 3 aromatic carbocycles. The Bertz CT molecular complexity index is 1010. The smallest absolute Gasteiger partial charge is 1.00 e. The van der Waals surface area contributed by atoms with Gasteiger partial charge in [-0.15, -0.1) is 0 Å². The number of hydrogen-bond donors (Lipinski definition) is 2. The summed E-state index contributed by atoms with van der Waals surface area (Å²) in [5.41, 5.74) is 1.28. The third-order valence-corrected chi connectivity index (χ3v) is 4.68. The number of benzene rings is 3. The molecule has 0 aromatic heterocycles. The molecule has 0 amide bonds. The Morgan fingerprint density at radius 3 is 2.00 bits per heavy atom. The van der Waals surface area contributed by atoms with E-state index in [0.29, 0.717) is 33.8 Å². The molecule has 0 fully saturated rings. The quantitative estimate of drug-likeness (QED) is 0.480. The van der Waals surface area contributed by atoms with Crippen LogP contribution in [0.1, 0.15) is 28.5 Å². The Morgan fingerprint density at radius 1 is 0.808 bits per heavy atom. The second-order valence-electron chi connectivity index (χ2n) is 6.08. The normalized spacial score (nSPS) is 15.2. The van der Waals surface area contributed by atoms with E-state index in [9.17, 15) is 15.0 Å². The Hall–Kier alpha value is -1.42. The predicted octanol–water partition coefficient (Wildman–Crippen LogP) is 0.782. The molecule has 0 bridgehead atoms. The van der Waals surface area contributed by atoms with Crippen molar-refractivity contribution in [3.63, 3.8) is 0 Å². The Morgan fingerprint density at radius 2 is 1.38 bits per heavy atom. The first kappa shape index (κ1) is 18.0. The molecule has 0 atom stereocenters. The van der Waals surface area contributed by atoms with Crippen LogP contribution in [-0.2, 0) is 10.3 Å². The molecule has 0 radical (unpaired) electrons. The summed E-state index contributed by atoms with van der Waals surface area (Å²) in [6.45, 7) is 0. The van der Waals surface area contributed by atoms with Gasteiger partial charge in [0.15, 0.2) is 5.60 Å². The van der Waals surface area contributed by atoms with Crippen LogP contribution < -0.4 is 73.6 Å². The van der Waals surface area contributed by atoms with Crippen molar-refractivity contribution in [3.8, 4) is 23.0 Å². The summed E-state index contributed by atoms with van der Waals surface area (Å²) in [5, 5.41) is 19.7. The fraction of sp³-hybridized carbons (Fsp3) is 0.0500. The third kappa shape index (κ3) is 2.37. The van der Waals surface area contributed by atoms with Gasteiger partial charge in [0.2, 0.25) is 0 Å². The summed E-state index contributed by atoms with van der Waals surface area (Å²) in [5.74, 6) is 0.408. The summed E-state index contributed by atoms with van der Waals surface area (Å²) >= 11 is 0. The minimum Gasteiger partial charge on any atom is -1.00 e. The maximum Gasteiger partial charge on any atom is 1.00 e. The first-order valence-corrected chi connectivity index (χ1v) is 7.77. The van der Waals surface area contributed by atoms with E-state index in [1.165, 1.54) is 24.3 Å². The van der Waals surface area contributed by atoms with Crippen LogP contribution in [0.3, 0.4) is 0 Å². The van der Waals surface area contributed by atoms with Crippen molar-refractivity contribution in [1.29, 1.82) is 0 Å². The molecule has 5 nitrogen and oxygen atoms in total. The average Bonchev–Trinajstić information content (AvgIpc) is 2.88. The van der Waals surface area contributed by atoms with Gasteiger partial charge in [0.1, 0.15) is 23.0 Å². The number of esters is 1. The maximum atomic E-state index is 12.5. The van der Waals surface area contributed by atoms with Gasteiger partial charge >= 0.3 is 74.9 Å². The van der Waals surface area contributed by atoms with Crippen LogP contribution in [0.2, 0.25) is 0 Å². The number of phenols is 2. The van der Waals surface area contributed by atoms with E-state index in [4.69, 9.17) is 9.47 Å². The van der Waals surface area contributed by atoms with Crippen molar-refractivity contribution in [2.45, 2.75) is 5.60 Å². The fourth-order valence-corrected chi connectivity index (χ4v) is 3.65. The third-order valence-electron chi connectivity index (χ3n) is 4.68. The van der Waals surface area contributed by atoms with Crippen molar-refractivity contribution in [1.82, 2.24) is 0 Å². The molecule has 26 heavy (non-hydrogen) atoms. The number of ether oxygens (including phenoxy) is 2. The number of phenolic OH excluding ortho intramolecular Hbond substituents is 2. The Labute approximate surface area is 209 Å². The second-order valence-corrected chi connectivity index (χ2v) is 6.08. The average molecular weight is 466 g/mol. The van der Waals surface area contributed by atoms with Gasteiger partial charge in [-0.3, -0.25) is 0 Å². The van der Waals surface area contributed by atoms with Crippen molar-refractivity contribution in [3.05, 3.63) is 82.9 Å². The van der Waals surface area contributed by atoms with Gasteiger partial charge in [0.05, 0.1) is 5.56 Å². The van der Waals surface area contributed by atoms with Crippen LogP contribution in [0.5, 0.6) is 23.0 Å². The van der Waals surface area contributed by atoms with Crippen molar-refractivity contribution >= 4 is 5.97 Å². The zero-order chi connectivity index (χ0) is 17.2. The first-order chi connectivity index (χ1) is 12.1. The van der Waals surface area contributed by atoms with E-state index < -0.39 is 11.6 Å². The van der Waals surface area contributed by atoms with Crippen LogP contribution >= 0.6 is 0 Å². The zero-order valence-electron chi connectivity index (χ0n) is 14.9. The first-order valence-electron chi connectivity index (χ1n) is 7.77. The van der Waals surface area contributed by atoms with E-state index in [1.807, 2.05) is 12.1 Å². The standard InChI is InChI=1S/C20H12O5.Cs.H/c21-11-5-7-15-17(9-11)24-18-10-12(22)6-8-16(18)20(15)14-4-2-1-3-13(14)19(23)25-20;;/h1-10,21-22H;;/q;+1;-1. The van der Waals surface area contributed by atoms with Crippen molar-refractivity contribution in [2.75, 3.05) is 0 Å². The van der Waals surface area contributed by atoms with Gasteiger partial charge in [0, 0.05) is 28.8 Å². The fourth-order valence-electron chi connectivity index (χ4n) is 3.65. The van der Waals surface area contributed by atoms with Crippen molar-refractivity contribution < 1.29 is 94.8 Å². The molecular formula is C20H13CsO5. The van der Waals surface area contributed by atoms with Gasteiger partial charge in [-0.1, -0.05) is 18.2 Å². The Balaban J connectivity index is 0.00000105. The van der Waals surface area contributed by atoms with E-state index in [0.717, 1.165) is 0 Å². The summed E-state index contributed by atoms with van der Waals surface area (Å²) in [6.07, 6.45) is 0. The molecule has 0 unspecified atom stereocenters. The number of aromatic hydroxyl groups is 2. The van der Waals surface area contributed by atoms with Gasteiger partial charge < -0.3 is 21.1 Å². The largest absolute Gasteiger partial charge is 1.00 e. The van der Waals surface area contributed by atoms with Crippen molar-refractivity contribution in [2.24, 2.45) is 0 Å². The molecule has 5 rings (SSSR count). The SMILES string of the molecule is O=C1OC2(c3ccc(O)cc3Oc3cc(O)ccc32)c2ccccc21.[Cs+].[H-]. The molecule has 0 aliphatic carbocycles. The molecular weight excluding hydrogens is 453 g/mol. The topological polar surface area (TPSA) is 76.0 Å². The molecule has 2 aliphatic rings. The molecule has 6 heteroatoms. The van der Waals surface area contributed by atoms with Crippen LogP contribution in [-0.4, -0.2) is 16.2 Å².